The van der Waals surface area contributed by atoms with E-state index in [2.05, 4.69) is 27.1 Å². The van der Waals surface area contributed by atoms with Crippen molar-refractivity contribution in [3.8, 4) is 0 Å². The lowest BCUT2D eigenvalue weighted by Crippen LogP contribution is -2.43. The van der Waals surface area contributed by atoms with Gasteiger partial charge in [0.2, 0.25) is 12.1 Å². The van der Waals surface area contributed by atoms with Crippen molar-refractivity contribution in [2.45, 2.75) is 19.2 Å². The topological polar surface area (TPSA) is 41.7 Å². The molecule has 0 bridgehead atoms. The van der Waals surface area contributed by atoms with Gasteiger partial charge in [-0.05, 0) is 25.0 Å². The highest BCUT2D eigenvalue weighted by Gasteiger charge is 2.35. The van der Waals surface area contributed by atoms with Crippen LogP contribution in [0.1, 0.15) is 18.6 Å². The van der Waals surface area contributed by atoms with Gasteiger partial charge in [-0.3, -0.25) is 9.80 Å². The molecule has 2 aliphatic rings. The molecule has 0 spiro atoms. The van der Waals surface area contributed by atoms with Crippen LogP contribution in [0.15, 0.2) is 53.3 Å². The van der Waals surface area contributed by atoms with Gasteiger partial charge in [0.15, 0.2) is 5.76 Å². The Morgan fingerprint density at radius 3 is 2.57 bits per heavy atom. The zero-order valence-corrected chi connectivity index (χ0v) is 11.7. The third-order valence-electron chi connectivity index (χ3n) is 3.91. The van der Waals surface area contributed by atoms with Gasteiger partial charge in [0.1, 0.15) is 0 Å². The first-order valence-electron chi connectivity index (χ1n) is 7.29. The summed E-state index contributed by atoms with van der Waals surface area (Å²) in [5.41, 5.74) is 1.11. The fourth-order valence-corrected chi connectivity index (χ4v) is 2.87. The summed E-state index contributed by atoms with van der Waals surface area (Å²) in [4.78, 5) is 4.51. The van der Waals surface area contributed by atoms with Crippen molar-refractivity contribution in [3.05, 3.63) is 54.6 Å². The van der Waals surface area contributed by atoms with Gasteiger partial charge in [0.05, 0.1) is 12.4 Å². The van der Waals surface area contributed by atoms with E-state index < -0.39 is 0 Å². The van der Waals surface area contributed by atoms with Crippen LogP contribution in [-0.2, 0) is 4.74 Å². The second kappa shape index (κ2) is 5.26. The highest BCUT2D eigenvalue weighted by Crippen LogP contribution is 2.33. The molecule has 0 aliphatic carbocycles. The van der Waals surface area contributed by atoms with Gasteiger partial charge in [-0.2, -0.15) is 0 Å². The van der Waals surface area contributed by atoms with E-state index in [1.165, 1.54) is 12.8 Å². The van der Waals surface area contributed by atoms with Crippen molar-refractivity contribution >= 4 is 11.4 Å². The molecule has 1 saturated heterocycles. The van der Waals surface area contributed by atoms with Crippen LogP contribution in [0.4, 0.5) is 5.69 Å². The van der Waals surface area contributed by atoms with E-state index >= 15 is 0 Å². The third kappa shape index (κ3) is 2.29. The monoisotopic (exact) mass is 283 g/mol. The summed E-state index contributed by atoms with van der Waals surface area (Å²) in [7, 11) is 0. The standard InChI is InChI=1S/C16H17N3O2/c1-2-6-13(7-3-1)19-12-15(14-8-9-17-21-14)20-16(19)18-10-4-5-11-18/h1-3,6-9,12,16H,4-5,10-11H2. The van der Waals surface area contributed by atoms with Crippen LogP contribution in [0.2, 0.25) is 0 Å². The quantitative estimate of drug-likeness (QED) is 0.866. The number of hydrogen-bond donors (Lipinski definition) is 0. The van der Waals surface area contributed by atoms with E-state index in [9.17, 15) is 0 Å². The van der Waals surface area contributed by atoms with E-state index in [4.69, 9.17) is 9.26 Å². The van der Waals surface area contributed by atoms with Gasteiger partial charge >= 0.3 is 0 Å². The van der Waals surface area contributed by atoms with E-state index in [-0.39, 0.29) is 6.35 Å². The molecule has 3 heterocycles. The molecule has 2 aliphatic heterocycles. The molecule has 0 saturated carbocycles. The van der Waals surface area contributed by atoms with Crippen molar-refractivity contribution < 1.29 is 9.26 Å². The van der Waals surface area contributed by atoms with E-state index in [1.807, 2.05) is 30.5 Å². The van der Waals surface area contributed by atoms with Crippen molar-refractivity contribution in [1.82, 2.24) is 10.1 Å². The molecule has 1 aromatic carbocycles. The van der Waals surface area contributed by atoms with Crippen LogP contribution in [0, 0.1) is 0 Å². The molecular formula is C16H17N3O2. The summed E-state index contributed by atoms with van der Waals surface area (Å²) in [5, 5.41) is 3.76. The Morgan fingerprint density at radius 1 is 1.05 bits per heavy atom. The number of benzene rings is 1. The van der Waals surface area contributed by atoms with Crippen molar-refractivity contribution in [3.63, 3.8) is 0 Å². The predicted molar refractivity (Wildman–Crippen MR) is 79.1 cm³/mol. The van der Waals surface area contributed by atoms with Crippen molar-refractivity contribution in [2.75, 3.05) is 18.0 Å². The number of rotatable bonds is 3. The summed E-state index contributed by atoms with van der Waals surface area (Å²) in [6, 6.07) is 12.1. The Morgan fingerprint density at radius 2 is 1.86 bits per heavy atom. The van der Waals surface area contributed by atoms with E-state index in [0.29, 0.717) is 5.76 Å². The normalized spacial score (nSPS) is 22.4. The highest BCUT2D eigenvalue weighted by atomic mass is 16.6. The van der Waals surface area contributed by atoms with E-state index in [0.717, 1.165) is 24.5 Å². The second-order valence-corrected chi connectivity index (χ2v) is 5.30. The lowest BCUT2D eigenvalue weighted by atomic mass is 10.3. The summed E-state index contributed by atoms with van der Waals surface area (Å²) < 4.78 is 11.4. The Hall–Kier alpha value is -2.27. The molecule has 0 N–H and O–H groups in total. The number of ether oxygens (including phenoxy) is 1. The maximum absolute atomic E-state index is 6.14. The average molecular weight is 283 g/mol. The number of nitrogens with zero attached hydrogens (tertiary/aromatic N) is 3. The molecule has 1 aromatic heterocycles. The van der Waals surface area contributed by atoms with Gasteiger partial charge in [0.25, 0.3) is 0 Å². The van der Waals surface area contributed by atoms with Crippen LogP contribution in [0.25, 0.3) is 5.76 Å². The molecule has 1 atom stereocenters. The van der Waals surface area contributed by atoms with E-state index in [1.54, 1.807) is 6.20 Å². The molecule has 5 heteroatoms. The lowest BCUT2D eigenvalue weighted by Gasteiger charge is -2.31. The molecule has 2 aromatic rings. The highest BCUT2D eigenvalue weighted by molar-refractivity contribution is 5.64. The first-order valence-corrected chi connectivity index (χ1v) is 7.29. The van der Waals surface area contributed by atoms with Crippen LogP contribution >= 0.6 is 0 Å². The Kier molecular flexibility index (Phi) is 3.12. The van der Waals surface area contributed by atoms with Gasteiger partial charge in [0, 0.05) is 24.8 Å². The molecule has 1 fully saturated rings. The number of likely N-dealkylation sites (tertiary alicyclic amines) is 1. The number of para-hydroxylation sites is 1. The molecule has 0 amide bonds. The van der Waals surface area contributed by atoms with Gasteiger partial charge < -0.3 is 9.26 Å². The number of anilines is 1. The van der Waals surface area contributed by atoms with Crippen LogP contribution < -0.4 is 4.90 Å². The Labute approximate surface area is 123 Å². The molecule has 21 heavy (non-hydrogen) atoms. The molecule has 5 nitrogen and oxygen atoms in total. The van der Waals surface area contributed by atoms with Gasteiger partial charge in [-0.15, -0.1) is 0 Å². The Balaban J connectivity index is 1.67. The molecule has 108 valence electrons. The fourth-order valence-electron chi connectivity index (χ4n) is 2.87. The summed E-state index contributed by atoms with van der Waals surface area (Å²) in [6.45, 7) is 2.12. The lowest BCUT2D eigenvalue weighted by molar-refractivity contribution is 0.0365. The number of aromatic nitrogens is 1. The van der Waals surface area contributed by atoms with Crippen molar-refractivity contribution in [1.29, 1.82) is 0 Å². The minimum Gasteiger partial charge on any atom is -0.451 e. The Bertz CT molecular complexity index is 618. The zero-order valence-electron chi connectivity index (χ0n) is 11.7. The summed E-state index contributed by atoms with van der Waals surface area (Å²) in [6.07, 6.45) is 5.98. The molecule has 0 radical (unpaired) electrons. The predicted octanol–water partition coefficient (Wildman–Crippen LogP) is 2.89. The third-order valence-corrected chi connectivity index (χ3v) is 3.91. The van der Waals surface area contributed by atoms with Gasteiger partial charge in [-0.1, -0.05) is 23.4 Å². The zero-order chi connectivity index (χ0) is 14.1. The summed E-state index contributed by atoms with van der Waals surface area (Å²) in [5.74, 6) is 1.39. The fraction of sp³-hybridized carbons (Fsp3) is 0.312. The number of hydrogen-bond acceptors (Lipinski definition) is 5. The van der Waals surface area contributed by atoms with Crippen LogP contribution in [-0.4, -0.2) is 29.5 Å². The minimum absolute atomic E-state index is 0.102. The smallest absolute Gasteiger partial charge is 0.236 e. The first-order chi connectivity index (χ1) is 10.4. The minimum atomic E-state index is -0.102. The molecular weight excluding hydrogens is 266 g/mol. The van der Waals surface area contributed by atoms with Crippen molar-refractivity contribution in [2.24, 2.45) is 0 Å². The summed E-state index contributed by atoms with van der Waals surface area (Å²) >= 11 is 0. The van der Waals surface area contributed by atoms with Gasteiger partial charge in [-0.25, -0.2) is 0 Å². The average Bonchev–Trinajstić information content (AvgIpc) is 3.27. The SMILES string of the molecule is C1=C(c2ccno2)OC(N2CCCC2)N1c1ccccc1. The maximum atomic E-state index is 6.14. The van der Waals surface area contributed by atoms with Crippen LogP contribution in [0.5, 0.6) is 0 Å². The van der Waals surface area contributed by atoms with Crippen LogP contribution in [0.3, 0.4) is 0 Å². The second-order valence-electron chi connectivity index (χ2n) is 5.30. The molecule has 4 rings (SSSR count). The largest absolute Gasteiger partial charge is 0.451 e. The maximum Gasteiger partial charge on any atom is 0.236 e. The first kappa shape index (κ1) is 12.5. The molecule has 1 unspecified atom stereocenters.